The van der Waals surface area contributed by atoms with E-state index >= 15 is 0 Å². The van der Waals surface area contributed by atoms with Gasteiger partial charge < -0.3 is 5.11 Å². The van der Waals surface area contributed by atoms with Gasteiger partial charge in [-0.25, -0.2) is 4.39 Å². The molecular formula is C11H8FNO. The Labute approximate surface area is 80.9 Å². The Morgan fingerprint density at radius 1 is 1.36 bits per heavy atom. The van der Waals surface area contributed by atoms with Gasteiger partial charge in [-0.3, -0.25) is 0 Å². The number of aliphatic hydroxyl groups excluding tert-OH is 1. The molecule has 0 aromatic heterocycles. The Balaban J connectivity index is 2.62. The van der Waals surface area contributed by atoms with Crippen LogP contribution in [0.3, 0.4) is 0 Å². The molecule has 1 aliphatic carbocycles. The number of hydrogen-bond acceptors (Lipinski definition) is 2. The summed E-state index contributed by atoms with van der Waals surface area (Å²) in [6.07, 6.45) is 2.53. The number of nitriles is 1. The molecule has 0 fully saturated rings. The number of nitrogens with zero attached hydrogens (tertiary/aromatic N) is 1. The first-order valence-corrected chi connectivity index (χ1v) is 4.33. The van der Waals surface area contributed by atoms with E-state index in [0.29, 0.717) is 24.0 Å². The van der Waals surface area contributed by atoms with Crippen molar-refractivity contribution in [1.29, 1.82) is 5.26 Å². The van der Waals surface area contributed by atoms with Crippen molar-refractivity contribution in [2.75, 3.05) is 0 Å². The lowest BCUT2D eigenvalue weighted by Gasteiger charge is -2.13. The van der Waals surface area contributed by atoms with E-state index in [9.17, 15) is 9.50 Å². The molecule has 0 saturated heterocycles. The van der Waals surface area contributed by atoms with Crippen molar-refractivity contribution in [3.8, 4) is 6.07 Å². The first kappa shape index (κ1) is 8.76. The minimum atomic E-state index is -0.440. The highest BCUT2D eigenvalue weighted by atomic mass is 19.1. The third-order valence-electron chi connectivity index (χ3n) is 2.31. The highest BCUT2D eigenvalue weighted by Gasteiger charge is 2.14. The molecule has 0 bridgehead atoms. The Morgan fingerprint density at radius 3 is 2.86 bits per heavy atom. The molecule has 3 heteroatoms. The summed E-state index contributed by atoms with van der Waals surface area (Å²) in [7, 11) is 0. The number of benzene rings is 1. The van der Waals surface area contributed by atoms with Gasteiger partial charge in [-0.05, 0) is 30.2 Å². The van der Waals surface area contributed by atoms with Crippen molar-refractivity contribution in [3.63, 3.8) is 0 Å². The largest absolute Gasteiger partial charge is 0.512 e. The van der Waals surface area contributed by atoms with Gasteiger partial charge in [-0.2, -0.15) is 5.26 Å². The summed E-state index contributed by atoms with van der Waals surface area (Å²) in [5.41, 5.74) is 1.53. The minimum absolute atomic E-state index is 0.195. The van der Waals surface area contributed by atoms with Crippen LogP contribution in [0, 0.1) is 17.1 Å². The van der Waals surface area contributed by atoms with Gasteiger partial charge in [0, 0.05) is 12.0 Å². The molecule has 70 valence electrons. The number of aliphatic hydroxyl groups is 1. The predicted octanol–water partition coefficient (Wildman–Crippen LogP) is 2.54. The van der Waals surface area contributed by atoms with Crippen LogP contribution in [0.25, 0.3) is 6.08 Å². The van der Waals surface area contributed by atoms with E-state index in [0.717, 1.165) is 5.56 Å². The monoisotopic (exact) mass is 189 g/mol. The second kappa shape index (κ2) is 3.15. The quantitative estimate of drug-likeness (QED) is 0.681. The van der Waals surface area contributed by atoms with Crippen molar-refractivity contribution in [2.24, 2.45) is 0 Å². The number of rotatable bonds is 0. The molecule has 0 saturated carbocycles. The fourth-order valence-electron chi connectivity index (χ4n) is 1.61. The van der Waals surface area contributed by atoms with Crippen molar-refractivity contribution >= 4 is 6.08 Å². The third-order valence-corrected chi connectivity index (χ3v) is 2.31. The lowest BCUT2D eigenvalue weighted by molar-refractivity contribution is 0.390. The second-order valence-corrected chi connectivity index (χ2v) is 3.28. The van der Waals surface area contributed by atoms with Crippen LogP contribution in [0.2, 0.25) is 0 Å². The summed E-state index contributed by atoms with van der Waals surface area (Å²) < 4.78 is 13.4. The molecule has 0 aliphatic heterocycles. The summed E-state index contributed by atoms with van der Waals surface area (Å²) in [6, 6.07) is 4.76. The highest BCUT2D eigenvalue weighted by Crippen LogP contribution is 2.26. The molecule has 1 N–H and O–H groups in total. The molecule has 1 aliphatic rings. The third kappa shape index (κ3) is 1.35. The van der Waals surface area contributed by atoms with Gasteiger partial charge >= 0.3 is 0 Å². The maximum atomic E-state index is 13.4. The van der Waals surface area contributed by atoms with Crippen LogP contribution in [0.5, 0.6) is 0 Å². The van der Waals surface area contributed by atoms with Crippen molar-refractivity contribution in [1.82, 2.24) is 0 Å². The molecule has 1 aromatic rings. The maximum Gasteiger partial charge on any atom is 0.132 e. The van der Waals surface area contributed by atoms with Gasteiger partial charge in [0.1, 0.15) is 5.82 Å². The zero-order chi connectivity index (χ0) is 10.1. The van der Waals surface area contributed by atoms with Crippen LogP contribution in [0.1, 0.15) is 23.1 Å². The van der Waals surface area contributed by atoms with E-state index in [4.69, 9.17) is 5.26 Å². The Hall–Kier alpha value is -1.82. The number of fused-ring (bicyclic) bond motifs is 1. The standard InChI is InChI=1S/C11H8FNO/c12-11-4-7(6-13)3-8-1-2-9(14)5-10(8)11/h3-5,14H,1-2H2. The fourth-order valence-corrected chi connectivity index (χ4v) is 1.61. The van der Waals surface area contributed by atoms with E-state index in [1.165, 1.54) is 12.1 Å². The zero-order valence-corrected chi connectivity index (χ0v) is 7.42. The van der Waals surface area contributed by atoms with E-state index < -0.39 is 5.82 Å². The van der Waals surface area contributed by atoms with Gasteiger partial charge in [0.15, 0.2) is 0 Å². The first-order chi connectivity index (χ1) is 6.70. The number of halogens is 1. The lowest BCUT2D eigenvalue weighted by atomic mass is 9.94. The Bertz CT molecular complexity index is 457. The summed E-state index contributed by atoms with van der Waals surface area (Å²) in [5.74, 6) is -0.244. The molecule has 2 rings (SSSR count). The van der Waals surface area contributed by atoms with Crippen LogP contribution in [-0.4, -0.2) is 5.11 Å². The summed E-state index contributed by atoms with van der Waals surface area (Å²) >= 11 is 0. The summed E-state index contributed by atoms with van der Waals surface area (Å²) in [4.78, 5) is 0. The number of allylic oxidation sites excluding steroid dienone is 1. The van der Waals surface area contributed by atoms with Crippen LogP contribution in [0.4, 0.5) is 4.39 Å². The molecule has 0 heterocycles. The van der Waals surface area contributed by atoms with Crippen LogP contribution in [0.15, 0.2) is 17.9 Å². The number of aryl methyl sites for hydroxylation is 1. The minimum Gasteiger partial charge on any atom is -0.512 e. The second-order valence-electron chi connectivity index (χ2n) is 3.28. The van der Waals surface area contributed by atoms with E-state index in [1.54, 1.807) is 6.07 Å². The first-order valence-electron chi connectivity index (χ1n) is 4.33. The van der Waals surface area contributed by atoms with Gasteiger partial charge in [0.25, 0.3) is 0 Å². The molecule has 14 heavy (non-hydrogen) atoms. The van der Waals surface area contributed by atoms with E-state index in [-0.39, 0.29) is 5.76 Å². The highest BCUT2D eigenvalue weighted by molar-refractivity contribution is 5.60. The summed E-state index contributed by atoms with van der Waals surface area (Å²) in [6.45, 7) is 0. The molecule has 1 aromatic carbocycles. The Morgan fingerprint density at radius 2 is 2.14 bits per heavy atom. The predicted molar refractivity (Wildman–Crippen MR) is 50.0 cm³/mol. The van der Waals surface area contributed by atoms with Crippen molar-refractivity contribution in [3.05, 3.63) is 40.4 Å². The van der Waals surface area contributed by atoms with Gasteiger partial charge in [0.2, 0.25) is 0 Å². The SMILES string of the molecule is N#Cc1cc(F)c2c(c1)CCC(O)=C2. The topological polar surface area (TPSA) is 44.0 Å². The van der Waals surface area contributed by atoms with Crippen molar-refractivity contribution in [2.45, 2.75) is 12.8 Å². The molecule has 0 spiro atoms. The smallest absolute Gasteiger partial charge is 0.132 e. The Kier molecular flexibility index (Phi) is 1.97. The normalized spacial score (nSPS) is 14.1. The van der Waals surface area contributed by atoms with Crippen LogP contribution < -0.4 is 0 Å². The van der Waals surface area contributed by atoms with Crippen LogP contribution in [-0.2, 0) is 6.42 Å². The zero-order valence-electron chi connectivity index (χ0n) is 7.42. The van der Waals surface area contributed by atoms with E-state index in [1.807, 2.05) is 6.07 Å². The van der Waals surface area contributed by atoms with Gasteiger partial charge in [-0.15, -0.1) is 0 Å². The number of hydrogen-bond donors (Lipinski definition) is 1. The molecule has 0 unspecified atom stereocenters. The molecule has 0 atom stereocenters. The maximum absolute atomic E-state index is 13.4. The molecular weight excluding hydrogens is 181 g/mol. The average Bonchev–Trinajstić information content (AvgIpc) is 2.19. The van der Waals surface area contributed by atoms with Gasteiger partial charge in [0.05, 0.1) is 17.4 Å². The van der Waals surface area contributed by atoms with Gasteiger partial charge in [-0.1, -0.05) is 0 Å². The fraction of sp³-hybridized carbons (Fsp3) is 0.182. The summed E-state index contributed by atoms with van der Waals surface area (Å²) in [5, 5.41) is 17.9. The van der Waals surface area contributed by atoms with E-state index in [2.05, 4.69) is 0 Å². The van der Waals surface area contributed by atoms with Crippen molar-refractivity contribution < 1.29 is 9.50 Å². The average molecular weight is 189 g/mol. The lowest BCUT2D eigenvalue weighted by Crippen LogP contribution is -2.02. The molecule has 0 radical (unpaired) electrons. The van der Waals surface area contributed by atoms with Crippen LogP contribution >= 0.6 is 0 Å². The molecule has 0 amide bonds. The molecule has 2 nitrogen and oxygen atoms in total.